The maximum atomic E-state index is 11.7. The van der Waals surface area contributed by atoms with E-state index in [9.17, 15) is 10.5 Å². The van der Waals surface area contributed by atoms with Crippen LogP contribution in [0.4, 0.5) is 0 Å². The molecular weight excluding hydrogens is 945 g/mol. The SMILES string of the molecule is Cc1cc(C)c(-c2ccc3c(c2)c2cc(-c4c(C)cc(C)cc4C)ccc2n3-c2cc(-c3cccc(C#N)c3)c(-n3c4ccc(-c5c(C)cc(C)cc5C)cc4c4cc(-c5c(C)cc(C)cc5C)ccc43)cc2C#N)c(C)c1. The number of benzene rings is 10. The third kappa shape index (κ3) is 8.11. The summed E-state index contributed by atoms with van der Waals surface area (Å²) in [6.07, 6.45) is 0. The van der Waals surface area contributed by atoms with Crippen LogP contribution in [0.25, 0.3) is 111 Å². The van der Waals surface area contributed by atoms with Crippen LogP contribution < -0.4 is 0 Å². The highest BCUT2D eigenvalue weighted by Gasteiger charge is 2.25. The van der Waals surface area contributed by atoms with Crippen molar-refractivity contribution in [1.82, 2.24) is 9.13 Å². The van der Waals surface area contributed by atoms with Gasteiger partial charge in [-0.3, -0.25) is 0 Å². The van der Waals surface area contributed by atoms with Crippen molar-refractivity contribution in [1.29, 1.82) is 10.5 Å². The topological polar surface area (TPSA) is 57.4 Å². The molecule has 0 amide bonds. The molecule has 2 aromatic heterocycles. The molecule has 0 saturated heterocycles. The van der Waals surface area contributed by atoms with Crippen LogP contribution in [0.3, 0.4) is 0 Å². The summed E-state index contributed by atoms with van der Waals surface area (Å²) in [5.41, 5.74) is 33.2. The molecule has 0 radical (unpaired) electrons. The first-order chi connectivity index (χ1) is 37.5. The lowest BCUT2D eigenvalue weighted by Crippen LogP contribution is -2.04. The lowest BCUT2D eigenvalue weighted by molar-refractivity contribution is 1.14. The van der Waals surface area contributed by atoms with Gasteiger partial charge in [-0.15, -0.1) is 0 Å². The zero-order valence-electron chi connectivity index (χ0n) is 46.8. The molecular formula is C74H62N4. The van der Waals surface area contributed by atoms with Crippen LogP contribution in [0.1, 0.15) is 77.9 Å². The Morgan fingerprint density at radius 1 is 0.295 bits per heavy atom. The Balaban J connectivity index is 1.17. The van der Waals surface area contributed by atoms with Gasteiger partial charge in [-0.2, -0.15) is 10.5 Å². The number of nitrogens with zero attached hydrogens (tertiary/aromatic N) is 4. The van der Waals surface area contributed by atoms with Crippen LogP contribution in [-0.4, -0.2) is 9.13 Å². The van der Waals surface area contributed by atoms with Crippen molar-refractivity contribution in [3.8, 4) is 79.1 Å². The summed E-state index contributed by atoms with van der Waals surface area (Å²) in [4.78, 5) is 0. The fourth-order valence-electron chi connectivity index (χ4n) is 13.8. The van der Waals surface area contributed by atoms with E-state index in [1.165, 1.54) is 89.0 Å². The van der Waals surface area contributed by atoms with Crippen molar-refractivity contribution in [2.45, 2.75) is 83.1 Å². The van der Waals surface area contributed by atoms with Crippen LogP contribution in [0.5, 0.6) is 0 Å². The quantitative estimate of drug-likeness (QED) is 0.160. The molecule has 0 fully saturated rings. The Morgan fingerprint density at radius 2 is 0.615 bits per heavy atom. The number of hydrogen-bond donors (Lipinski definition) is 0. The number of aromatic nitrogens is 2. The van der Waals surface area contributed by atoms with Gasteiger partial charge in [0.05, 0.1) is 50.6 Å². The van der Waals surface area contributed by atoms with E-state index >= 15 is 0 Å². The van der Waals surface area contributed by atoms with Crippen LogP contribution in [0, 0.1) is 106 Å². The second kappa shape index (κ2) is 18.8. The summed E-state index contributed by atoms with van der Waals surface area (Å²) in [5, 5.41) is 26.5. The number of rotatable bonds is 7. The van der Waals surface area contributed by atoms with Gasteiger partial charge in [-0.05, 0) is 250 Å². The molecule has 0 bridgehead atoms. The van der Waals surface area contributed by atoms with Crippen molar-refractivity contribution in [2.75, 3.05) is 0 Å². The van der Waals surface area contributed by atoms with Crippen LogP contribution in [-0.2, 0) is 0 Å². The van der Waals surface area contributed by atoms with Crippen molar-refractivity contribution in [2.24, 2.45) is 0 Å². The van der Waals surface area contributed by atoms with Gasteiger partial charge in [0.15, 0.2) is 0 Å². The van der Waals surface area contributed by atoms with Crippen LogP contribution in [0.15, 0.2) is 158 Å². The zero-order chi connectivity index (χ0) is 54.6. The van der Waals surface area contributed by atoms with E-state index in [-0.39, 0.29) is 0 Å². The van der Waals surface area contributed by atoms with Crippen molar-refractivity contribution in [3.63, 3.8) is 0 Å². The summed E-state index contributed by atoms with van der Waals surface area (Å²) < 4.78 is 4.65. The van der Waals surface area contributed by atoms with Gasteiger partial charge in [0.2, 0.25) is 0 Å². The van der Waals surface area contributed by atoms with E-state index < -0.39 is 0 Å². The first kappa shape index (κ1) is 49.6. The van der Waals surface area contributed by atoms with Crippen molar-refractivity contribution in [3.05, 3.63) is 236 Å². The summed E-state index contributed by atoms with van der Waals surface area (Å²) in [7, 11) is 0. The summed E-state index contributed by atoms with van der Waals surface area (Å²) in [6, 6.07) is 63.0. The van der Waals surface area contributed by atoms with Gasteiger partial charge in [-0.1, -0.05) is 107 Å². The molecule has 2 heterocycles. The number of nitriles is 2. The number of aryl methyl sites for hydroxylation is 12. The molecule has 378 valence electrons. The molecule has 10 aromatic carbocycles. The Bertz CT molecular complexity index is 4330. The van der Waals surface area contributed by atoms with E-state index in [0.29, 0.717) is 11.1 Å². The number of hydrogen-bond acceptors (Lipinski definition) is 2. The van der Waals surface area contributed by atoms with Crippen molar-refractivity contribution >= 4 is 43.6 Å². The van der Waals surface area contributed by atoms with Gasteiger partial charge in [0.25, 0.3) is 0 Å². The fourth-order valence-corrected chi connectivity index (χ4v) is 13.8. The lowest BCUT2D eigenvalue weighted by atomic mass is 9.91. The molecule has 0 aliphatic carbocycles. The third-order valence-corrected chi connectivity index (χ3v) is 16.4. The van der Waals surface area contributed by atoms with E-state index in [0.717, 1.165) is 88.4 Å². The highest BCUT2D eigenvalue weighted by Crippen LogP contribution is 2.45. The Morgan fingerprint density at radius 3 is 0.923 bits per heavy atom. The van der Waals surface area contributed by atoms with E-state index in [1.807, 2.05) is 18.2 Å². The maximum Gasteiger partial charge on any atom is 0.101 e. The molecule has 0 saturated carbocycles. The lowest BCUT2D eigenvalue weighted by Gasteiger charge is -2.19. The minimum Gasteiger partial charge on any atom is -0.309 e. The van der Waals surface area contributed by atoms with Crippen LogP contribution in [0.2, 0.25) is 0 Å². The third-order valence-electron chi connectivity index (χ3n) is 16.4. The van der Waals surface area contributed by atoms with Gasteiger partial charge >= 0.3 is 0 Å². The Kier molecular flexibility index (Phi) is 12.0. The first-order valence-electron chi connectivity index (χ1n) is 27.1. The Hall–Kier alpha value is -9.22. The highest BCUT2D eigenvalue weighted by molar-refractivity contribution is 6.14. The second-order valence-corrected chi connectivity index (χ2v) is 22.4. The van der Waals surface area contributed by atoms with Crippen LogP contribution >= 0.6 is 0 Å². The van der Waals surface area contributed by atoms with Gasteiger partial charge in [-0.25, -0.2) is 0 Å². The second-order valence-electron chi connectivity index (χ2n) is 22.4. The fraction of sp³-hybridized carbons (Fsp3) is 0.162. The molecule has 0 aliphatic rings. The molecule has 0 aliphatic heterocycles. The molecule has 4 heteroatoms. The molecule has 78 heavy (non-hydrogen) atoms. The van der Waals surface area contributed by atoms with E-state index in [1.54, 1.807) is 0 Å². The summed E-state index contributed by atoms with van der Waals surface area (Å²) in [5.74, 6) is 0. The molecule has 0 unspecified atom stereocenters. The standard InChI is InChI=1S/C74H62N4/c1-41-24-45(5)71(46(6)25-41)55-16-20-65-61(33-55)62-34-56(72-47(7)26-42(2)27-48(72)8)17-21-66(62)77(65)69-38-60(54-15-13-14-53(32-54)39-75)70(37-59(69)40-76)78-67-22-18-57(73-49(9)28-43(3)29-50(73)10)35-63(67)64-36-58(19-23-68(64)78)74-51(11)30-44(4)31-52(74)12/h13-38H,1-12H3. The highest BCUT2D eigenvalue weighted by atomic mass is 15.0. The van der Waals surface area contributed by atoms with Gasteiger partial charge in [0, 0.05) is 27.1 Å². The summed E-state index contributed by atoms with van der Waals surface area (Å²) >= 11 is 0. The molecule has 12 rings (SSSR count). The van der Waals surface area contributed by atoms with Crippen molar-refractivity contribution < 1.29 is 0 Å². The van der Waals surface area contributed by atoms with E-state index in [4.69, 9.17) is 0 Å². The monoisotopic (exact) mass is 1010 g/mol. The average molecular weight is 1010 g/mol. The minimum atomic E-state index is 0.535. The normalized spacial score (nSPS) is 11.6. The predicted octanol–water partition coefficient (Wildman–Crippen LogP) is 19.7. The van der Waals surface area contributed by atoms with Gasteiger partial charge < -0.3 is 9.13 Å². The predicted molar refractivity (Wildman–Crippen MR) is 329 cm³/mol. The first-order valence-corrected chi connectivity index (χ1v) is 27.1. The molecule has 0 spiro atoms. The maximum absolute atomic E-state index is 11.7. The molecule has 0 atom stereocenters. The largest absolute Gasteiger partial charge is 0.309 e. The van der Waals surface area contributed by atoms with E-state index in [2.05, 4.69) is 244 Å². The number of fused-ring (bicyclic) bond motifs is 6. The summed E-state index contributed by atoms with van der Waals surface area (Å²) in [6.45, 7) is 26.3. The molecule has 4 nitrogen and oxygen atoms in total. The smallest absolute Gasteiger partial charge is 0.101 e. The molecule has 12 aromatic rings. The minimum absolute atomic E-state index is 0.535. The average Bonchev–Trinajstić information content (AvgIpc) is 4.09. The van der Waals surface area contributed by atoms with Gasteiger partial charge in [0.1, 0.15) is 6.07 Å². The zero-order valence-corrected chi connectivity index (χ0v) is 46.8. The Labute approximate surface area is 458 Å². The molecule has 0 N–H and O–H groups in total.